The van der Waals surface area contributed by atoms with Crippen LogP contribution in [0.2, 0.25) is 0 Å². The minimum atomic E-state index is -0.630. The maximum Gasteiger partial charge on any atom is 0.327 e. The van der Waals surface area contributed by atoms with Crippen molar-refractivity contribution in [3.63, 3.8) is 0 Å². The Morgan fingerprint density at radius 2 is 1.96 bits per heavy atom. The zero-order valence-corrected chi connectivity index (χ0v) is 13.6. The van der Waals surface area contributed by atoms with Crippen molar-refractivity contribution >= 4 is 11.6 Å². The van der Waals surface area contributed by atoms with Gasteiger partial charge in [0.05, 0.1) is 19.1 Å². The van der Waals surface area contributed by atoms with E-state index in [9.17, 15) is 10.1 Å². The molecule has 0 aliphatic carbocycles. The zero-order chi connectivity index (χ0) is 18.2. The molecule has 0 aromatic heterocycles. The highest BCUT2D eigenvalue weighted by Gasteiger charge is 2.29. The molecule has 0 spiro atoms. The molecule has 0 radical (unpaired) electrons. The van der Waals surface area contributed by atoms with E-state index in [4.69, 9.17) is 19.5 Å². The van der Waals surface area contributed by atoms with E-state index in [1.165, 1.54) is 26.4 Å². The fraction of sp³-hybridized carbons (Fsp3) is 0.176. The molecule has 2 rings (SSSR count). The van der Waals surface area contributed by atoms with E-state index >= 15 is 0 Å². The summed E-state index contributed by atoms with van der Waals surface area (Å²) in [6, 6.07) is 12.3. The van der Waals surface area contributed by atoms with Gasteiger partial charge in [0.15, 0.2) is 5.75 Å². The largest absolute Gasteiger partial charge is 0.488 e. The summed E-state index contributed by atoms with van der Waals surface area (Å²) < 4.78 is 15.8. The molecular formula is C17H15N3O5. The number of benzene rings is 2. The van der Waals surface area contributed by atoms with Crippen molar-refractivity contribution < 1.29 is 19.1 Å². The number of rotatable bonds is 6. The highest BCUT2D eigenvalue weighted by molar-refractivity contribution is 6.00. The number of methoxy groups -OCH3 is 2. The number of nitro groups is 1. The second-order valence-corrected chi connectivity index (χ2v) is 4.75. The molecule has 0 saturated carbocycles. The van der Waals surface area contributed by atoms with Crippen LogP contribution in [0.1, 0.15) is 11.1 Å². The van der Waals surface area contributed by atoms with Crippen molar-refractivity contribution in [2.45, 2.75) is 6.61 Å². The molecule has 0 heterocycles. The molecule has 0 aliphatic rings. The Morgan fingerprint density at radius 1 is 1.24 bits per heavy atom. The van der Waals surface area contributed by atoms with Crippen LogP contribution < -0.4 is 9.47 Å². The minimum absolute atomic E-state index is 0.0259. The van der Waals surface area contributed by atoms with Crippen molar-refractivity contribution in [1.82, 2.24) is 0 Å². The Kier molecular flexibility index (Phi) is 5.90. The standard InChI is InChI=1S/C17H15N3O5/c1-23-16-14(25-10-12-6-4-3-5-7-12)9-8-13(15(16)20(21)22)17(24-2)19-11-18/h3-9H,10H2,1-2H3. The lowest BCUT2D eigenvalue weighted by molar-refractivity contribution is -0.386. The van der Waals surface area contributed by atoms with Gasteiger partial charge < -0.3 is 14.2 Å². The quantitative estimate of drug-likeness (QED) is 0.263. The summed E-state index contributed by atoms with van der Waals surface area (Å²) >= 11 is 0. The van der Waals surface area contributed by atoms with E-state index < -0.39 is 4.92 Å². The first-order chi connectivity index (χ1) is 12.1. The fourth-order valence-corrected chi connectivity index (χ4v) is 2.21. The first-order valence-electron chi connectivity index (χ1n) is 7.15. The average molecular weight is 341 g/mol. The van der Waals surface area contributed by atoms with Crippen LogP contribution in [0.3, 0.4) is 0 Å². The van der Waals surface area contributed by atoms with Crippen LogP contribution in [0.15, 0.2) is 47.5 Å². The third-order valence-electron chi connectivity index (χ3n) is 3.29. The van der Waals surface area contributed by atoms with Crippen molar-refractivity contribution in [2.24, 2.45) is 4.99 Å². The molecule has 0 saturated heterocycles. The van der Waals surface area contributed by atoms with E-state index in [0.717, 1.165) is 5.56 Å². The lowest BCUT2D eigenvalue weighted by Crippen LogP contribution is -2.09. The fourth-order valence-electron chi connectivity index (χ4n) is 2.21. The third-order valence-corrected chi connectivity index (χ3v) is 3.29. The number of hydrogen-bond acceptors (Lipinski definition) is 7. The molecule has 0 N–H and O–H groups in total. The van der Waals surface area contributed by atoms with Gasteiger partial charge in [0, 0.05) is 0 Å². The summed E-state index contributed by atoms with van der Waals surface area (Å²) in [6.45, 7) is 0.219. The third kappa shape index (κ3) is 4.03. The summed E-state index contributed by atoms with van der Waals surface area (Å²) in [5, 5.41) is 20.2. The smallest absolute Gasteiger partial charge is 0.327 e. The van der Waals surface area contributed by atoms with E-state index in [1.54, 1.807) is 6.19 Å². The van der Waals surface area contributed by atoms with Gasteiger partial charge in [0.1, 0.15) is 12.2 Å². The molecule has 0 amide bonds. The Bertz CT molecular complexity index is 828. The molecular weight excluding hydrogens is 326 g/mol. The van der Waals surface area contributed by atoms with Crippen LogP contribution in [-0.4, -0.2) is 25.0 Å². The van der Waals surface area contributed by atoms with E-state index in [0.29, 0.717) is 0 Å². The topological polar surface area (TPSA) is 107 Å². The number of hydrogen-bond donors (Lipinski definition) is 0. The van der Waals surface area contributed by atoms with Crippen LogP contribution in [-0.2, 0) is 11.3 Å². The molecule has 0 unspecified atom stereocenters. The molecule has 0 bridgehead atoms. The molecule has 128 valence electrons. The van der Waals surface area contributed by atoms with Gasteiger partial charge in [-0.1, -0.05) is 30.3 Å². The van der Waals surface area contributed by atoms with E-state index in [-0.39, 0.29) is 35.3 Å². The van der Waals surface area contributed by atoms with Crippen LogP contribution in [0.4, 0.5) is 5.69 Å². The predicted molar refractivity (Wildman–Crippen MR) is 89.6 cm³/mol. The molecule has 2 aromatic carbocycles. The second-order valence-electron chi connectivity index (χ2n) is 4.75. The van der Waals surface area contributed by atoms with Gasteiger partial charge in [-0.05, 0) is 17.7 Å². The van der Waals surface area contributed by atoms with Gasteiger partial charge >= 0.3 is 5.69 Å². The molecule has 2 aromatic rings. The summed E-state index contributed by atoms with van der Waals surface area (Å²) in [5.41, 5.74) is 0.543. The molecule has 0 aliphatic heterocycles. The second kappa shape index (κ2) is 8.31. The van der Waals surface area contributed by atoms with Crippen molar-refractivity contribution in [3.8, 4) is 17.7 Å². The average Bonchev–Trinajstić information content (AvgIpc) is 2.64. The first-order valence-corrected chi connectivity index (χ1v) is 7.15. The number of nitro benzene ring substituents is 1. The summed E-state index contributed by atoms with van der Waals surface area (Å²) in [4.78, 5) is 14.4. The van der Waals surface area contributed by atoms with Gasteiger partial charge in [-0.2, -0.15) is 5.26 Å². The number of nitrogens with zero attached hydrogens (tertiary/aromatic N) is 3. The van der Waals surface area contributed by atoms with Gasteiger partial charge in [-0.25, -0.2) is 0 Å². The Balaban J connectivity index is 2.46. The van der Waals surface area contributed by atoms with Crippen molar-refractivity contribution in [3.05, 3.63) is 63.7 Å². The summed E-state index contributed by atoms with van der Waals surface area (Å²) in [6.07, 6.45) is 1.55. The maximum atomic E-state index is 11.5. The van der Waals surface area contributed by atoms with Crippen LogP contribution in [0.5, 0.6) is 11.5 Å². The normalized spacial score (nSPS) is 10.7. The van der Waals surface area contributed by atoms with Crippen molar-refractivity contribution in [1.29, 1.82) is 5.26 Å². The summed E-state index contributed by atoms with van der Waals surface area (Å²) in [5.74, 6) is -0.0440. The van der Waals surface area contributed by atoms with E-state index in [1.807, 2.05) is 30.3 Å². The molecule has 0 fully saturated rings. The van der Waals surface area contributed by atoms with E-state index in [2.05, 4.69) is 4.99 Å². The minimum Gasteiger partial charge on any atom is -0.488 e. The molecule has 0 atom stereocenters. The SMILES string of the molecule is COC(=NC#N)c1ccc(OCc2ccccc2)c(OC)c1[N+](=O)[O-]. The lowest BCUT2D eigenvalue weighted by Gasteiger charge is -2.13. The Morgan fingerprint density at radius 3 is 2.52 bits per heavy atom. The molecule has 8 nitrogen and oxygen atoms in total. The van der Waals surface area contributed by atoms with Crippen LogP contribution in [0, 0.1) is 21.6 Å². The monoisotopic (exact) mass is 341 g/mol. The number of nitriles is 1. The van der Waals surface area contributed by atoms with Crippen LogP contribution >= 0.6 is 0 Å². The van der Waals surface area contributed by atoms with Gasteiger partial charge in [0.2, 0.25) is 17.8 Å². The molecule has 25 heavy (non-hydrogen) atoms. The highest BCUT2D eigenvalue weighted by atomic mass is 16.6. The van der Waals surface area contributed by atoms with Crippen molar-refractivity contribution in [2.75, 3.05) is 14.2 Å². The highest BCUT2D eigenvalue weighted by Crippen LogP contribution is 2.40. The summed E-state index contributed by atoms with van der Waals surface area (Å²) in [7, 11) is 2.57. The van der Waals surface area contributed by atoms with Gasteiger partial charge in [-0.3, -0.25) is 10.1 Å². The maximum absolute atomic E-state index is 11.5. The van der Waals surface area contributed by atoms with Gasteiger partial charge in [0.25, 0.3) is 0 Å². The Hall–Kier alpha value is -3.60. The number of aliphatic imine (C=N–C) groups is 1. The number of ether oxygens (including phenoxy) is 3. The Labute approximate surface area is 144 Å². The van der Waals surface area contributed by atoms with Crippen LogP contribution in [0.25, 0.3) is 0 Å². The molecule has 8 heteroatoms. The lowest BCUT2D eigenvalue weighted by atomic mass is 10.1. The predicted octanol–water partition coefficient (Wildman–Crippen LogP) is 3.06. The zero-order valence-electron chi connectivity index (χ0n) is 13.6. The van der Waals surface area contributed by atoms with Gasteiger partial charge in [-0.15, -0.1) is 4.99 Å². The first kappa shape index (κ1) is 17.7.